The van der Waals surface area contributed by atoms with E-state index in [1.165, 1.54) is 10.5 Å². The highest BCUT2D eigenvalue weighted by molar-refractivity contribution is 5.83. The number of benzene rings is 2. The Hall–Kier alpha value is -4.84. The van der Waals surface area contributed by atoms with Crippen LogP contribution in [0.25, 0.3) is 33.6 Å². The molecule has 5 heterocycles. The highest BCUT2D eigenvalue weighted by Crippen LogP contribution is 2.46. The highest BCUT2D eigenvalue weighted by Gasteiger charge is 2.41. The molecule has 2 amide bonds. The predicted octanol–water partition coefficient (Wildman–Crippen LogP) is 7.27. The average molecular weight is 681 g/mol. The van der Waals surface area contributed by atoms with Gasteiger partial charge < -0.3 is 29.3 Å². The summed E-state index contributed by atoms with van der Waals surface area (Å²) >= 11 is 0. The number of imidazole rings is 2. The van der Waals surface area contributed by atoms with Crippen LogP contribution in [0.15, 0.2) is 36.5 Å². The van der Waals surface area contributed by atoms with Crippen LogP contribution in [-0.4, -0.2) is 78.9 Å². The second-order valence-corrected chi connectivity index (χ2v) is 15.1. The molecule has 0 bridgehead atoms. The van der Waals surface area contributed by atoms with Gasteiger partial charge in [-0.25, -0.2) is 19.6 Å². The number of nitrogens with zero attached hydrogens (tertiary/aromatic N) is 4. The molecule has 262 valence electrons. The number of carbonyl (C=O) groups is 2. The van der Waals surface area contributed by atoms with E-state index in [2.05, 4.69) is 40.3 Å². The number of amides is 2. The third-order valence-electron chi connectivity index (χ3n) is 10.5. The maximum absolute atomic E-state index is 13.2. The fourth-order valence-corrected chi connectivity index (χ4v) is 8.23. The van der Waals surface area contributed by atoms with Gasteiger partial charge in [0.1, 0.15) is 29.6 Å². The first-order valence-electron chi connectivity index (χ1n) is 17.5. The number of fused-ring (bicyclic) bond motifs is 6. The Labute approximate surface area is 291 Å². The van der Waals surface area contributed by atoms with Crippen molar-refractivity contribution in [3.8, 4) is 39.4 Å². The first-order chi connectivity index (χ1) is 24.0. The number of rotatable bonds is 5. The first kappa shape index (κ1) is 32.4. The Morgan fingerprint density at radius 1 is 1.02 bits per heavy atom. The lowest BCUT2D eigenvalue weighted by Crippen LogP contribution is -2.37. The standard InChI is InChI=1S/C38H44N6O6/c1-20-6-11-30(44(20)36(45)46)35-40-28-10-8-22-14-27-25-9-7-23(13-24(25)19-49-32(27)15-26(22)33(28)42-35)29-16-39-34(41-29)31-12-21(18-48-5)17-43(31)37(47)50-38(2,3)4/h7,9,13-16,20-21,30-31H,6,8,10-12,17-19H2,1-5H3,(H,39,41)(H,40,42)(H,45,46)/t20-,21?,30-,31?/m0/s1. The number of carbonyl (C=O) groups excluding carboxylic acids is 1. The van der Waals surface area contributed by atoms with Gasteiger partial charge in [0.2, 0.25) is 0 Å². The molecule has 8 rings (SSSR count). The molecule has 0 spiro atoms. The molecule has 4 atom stereocenters. The molecule has 2 saturated heterocycles. The largest absolute Gasteiger partial charge is 0.488 e. The van der Waals surface area contributed by atoms with Crippen LogP contribution in [0, 0.1) is 5.92 Å². The van der Waals surface area contributed by atoms with E-state index >= 15 is 0 Å². The number of aromatic amines is 2. The topological polar surface area (TPSA) is 146 Å². The number of hydrogen-bond acceptors (Lipinski definition) is 7. The van der Waals surface area contributed by atoms with Gasteiger partial charge in [0.05, 0.1) is 42.0 Å². The second-order valence-electron chi connectivity index (χ2n) is 15.1. The number of aromatic nitrogens is 4. The number of methoxy groups -OCH3 is 1. The first-order valence-corrected chi connectivity index (χ1v) is 17.5. The number of aryl methyl sites for hydroxylation is 2. The third-order valence-corrected chi connectivity index (χ3v) is 10.5. The van der Waals surface area contributed by atoms with E-state index in [4.69, 9.17) is 24.2 Å². The van der Waals surface area contributed by atoms with Crippen molar-refractivity contribution in [3.63, 3.8) is 0 Å². The van der Waals surface area contributed by atoms with Crippen LogP contribution >= 0.6 is 0 Å². The van der Waals surface area contributed by atoms with Crippen LogP contribution in [-0.2, 0) is 28.9 Å². The van der Waals surface area contributed by atoms with Gasteiger partial charge in [-0.2, -0.15) is 0 Å². The second kappa shape index (κ2) is 12.2. The summed E-state index contributed by atoms with van der Waals surface area (Å²) in [5.41, 5.74) is 8.81. The fraction of sp³-hybridized carbons (Fsp3) is 0.474. The Morgan fingerprint density at radius 2 is 1.86 bits per heavy atom. The van der Waals surface area contributed by atoms with Crippen LogP contribution in [0.5, 0.6) is 5.75 Å². The summed E-state index contributed by atoms with van der Waals surface area (Å²) in [5.74, 6) is 2.48. The molecule has 2 aromatic carbocycles. The van der Waals surface area contributed by atoms with Crippen molar-refractivity contribution in [2.24, 2.45) is 5.92 Å². The van der Waals surface area contributed by atoms with Gasteiger partial charge in [-0.15, -0.1) is 0 Å². The molecule has 12 heteroatoms. The fourth-order valence-electron chi connectivity index (χ4n) is 8.23. The van der Waals surface area contributed by atoms with Gasteiger partial charge >= 0.3 is 12.2 Å². The SMILES string of the molecule is COCC1CC(c2ncc(-c3ccc4c(c3)COc3cc5c(cc3-4)CCc3nc([C@@H]4CC[C@H](C)N4C(=O)O)[nH]c3-5)[nH]2)N(C(=O)OC(C)(C)C)C1. The Morgan fingerprint density at radius 3 is 2.64 bits per heavy atom. The number of nitrogens with one attached hydrogen (secondary N) is 2. The van der Waals surface area contributed by atoms with Gasteiger partial charge in [0, 0.05) is 36.7 Å². The zero-order valence-corrected chi connectivity index (χ0v) is 29.2. The number of likely N-dealkylation sites (tertiary alicyclic amines) is 2. The van der Waals surface area contributed by atoms with Crippen LogP contribution < -0.4 is 4.74 Å². The lowest BCUT2D eigenvalue weighted by Gasteiger charge is -2.27. The summed E-state index contributed by atoms with van der Waals surface area (Å²) < 4.78 is 17.5. The minimum absolute atomic E-state index is 0.0288. The molecule has 0 saturated carbocycles. The van der Waals surface area contributed by atoms with Crippen molar-refractivity contribution in [2.75, 3.05) is 20.3 Å². The Kier molecular flexibility index (Phi) is 7.89. The van der Waals surface area contributed by atoms with E-state index in [1.807, 2.05) is 33.9 Å². The predicted molar refractivity (Wildman–Crippen MR) is 186 cm³/mol. The minimum atomic E-state index is -0.901. The Bertz CT molecular complexity index is 1980. The molecule has 4 aromatic rings. The smallest absolute Gasteiger partial charge is 0.410 e. The number of hydrogen-bond donors (Lipinski definition) is 3. The molecule has 1 aliphatic carbocycles. The van der Waals surface area contributed by atoms with E-state index in [-0.39, 0.29) is 30.1 Å². The average Bonchev–Trinajstić information content (AvgIpc) is 3.88. The zero-order valence-electron chi connectivity index (χ0n) is 29.2. The van der Waals surface area contributed by atoms with E-state index < -0.39 is 11.7 Å². The third kappa shape index (κ3) is 5.69. The molecule has 4 aliphatic rings. The van der Waals surface area contributed by atoms with Crippen molar-refractivity contribution >= 4 is 12.2 Å². The molecule has 2 fully saturated rings. The molecule has 2 aromatic heterocycles. The summed E-state index contributed by atoms with van der Waals surface area (Å²) in [6.45, 7) is 9.13. The molecule has 3 aliphatic heterocycles. The molecule has 0 radical (unpaired) electrons. The van der Waals surface area contributed by atoms with Gasteiger partial charge in [-0.3, -0.25) is 9.80 Å². The van der Waals surface area contributed by atoms with Crippen molar-refractivity contribution < 1.29 is 28.9 Å². The van der Waals surface area contributed by atoms with E-state index in [1.54, 1.807) is 12.0 Å². The molecular formula is C38H44N6O6. The molecular weight excluding hydrogens is 636 g/mol. The van der Waals surface area contributed by atoms with E-state index in [0.717, 1.165) is 94.4 Å². The molecule has 3 N–H and O–H groups in total. The summed E-state index contributed by atoms with van der Waals surface area (Å²) in [7, 11) is 1.68. The van der Waals surface area contributed by atoms with Crippen LogP contribution in [0.3, 0.4) is 0 Å². The quantitative estimate of drug-likeness (QED) is 0.200. The van der Waals surface area contributed by atoms with Gasteiger partial charge in [0.15, 0.2) is 0 Å². The Balaban J connectivity index is 1.05. The van der Waals surface area contributed by atoms with Gasteiger partial charge in [-0.05, 0) is 100 Å². The number of ether oxygens (including phenoxy) is 3. The summed E-state index contributed by atoms with van der Waals surface area (Å²) in [6.07, 6.45) is 4.55. The molecule has 12 nitrogen and oxygen atoms in total. The maximum atomic E-state index is 13.2. The van der Waals surface area contributed by atoms with Crippen molar-refractivity contribution in [1.82, 2.24) is 29.7 Å². The van der Waals surface area contributed by atoms with Gasteiger partial charge in [-0.1, -0.05) is 12.1 Å². The maximum Gasteiger partial charge on any atom is 0.410 e. The summed E-state index contributed by atoms with van der Waals surface area (Å²) in [4.78, 5) is 45.1. The van der Waals surface area contributed by atoms with Crippen molar-refractivity contribution in [3.05, 3.63) is 65.0 Å². The number of carboxylic acid groups (broad SMARTS) is 1. The highest BCUT2D eigenvalue weighted by atomic mass is 16.6. The van der Waals surface area contributed by atoms with Crippen molar-refractivity contribution in [2.45, 2.75) is 90.1 Å². The molecule has 50 heavy (non-hydrogen) atoms. The van der Waals surface area contributed by atoms with Crippen LogP contribution in [0.2, 0.25) is 0 Å². The van der Waals surface area contributed by atoms with E-state index in [9.17, 15) is 14.7 Å². The summed E-state index contributed by atoms with van der Waals surface area (Å²) in [6, 6.07) is 10.2. The summed E-state index contributed by atoms with van der Waals surface area (Å²) in [5, 5.41) is 9.84. The minimum Gasteiger partial charge on any atom is -0.488 e. The van der Waals surface area contributed by atoms with E-state index in [0.29, 0.717) is 19.8 Å². The van der Waals surface area contributed by atoms with Crippen LogP contribution in [0.1, 0.15) is 87.5 Å². The lowest BCUT2D eigenvalue weighted by atomic mass is 9.86. The molecule has 2 unspecified atom stereocenters. The normalized spacial score (nSPS) is 22.4. The van der Waals surface area contributed by atoms with Crippen molar-refractivity contribution in [1.29, 1.82) is 0 Å². The van der Waals surface area contributed by atoms with Crippen LogP contribution in [0.4, 0.5) is 9.59 Å². The monoisotopic (exact) mass is 680 g/mol. The lowest BCUT2D eigenvalue weighted by molar-refractivity contribution is 0.0208. The number of H-pyrrole nitrogens is 2. The zero-order chi connectivity index (χ0) is 34.9. The van der Waals surface area contributed by atoms with Gasteiger partial charge in [0.25, 0.3) is 0 Å².